The first-order valence-electron chi connectivity index (χ1n) is 9.36. The number of hydrazine groups is 1. The Morgan fingerprint density at radius 2 is 1.77 bits per heavy atom. The second-order valence-electron chi connectivity index (χ2n) is 7.36. The van der Waals surface area contributed by atoms with E-state index >= 15 is 0 Å². The Kier molecular flexibility index (Phi) is 4.56. The minimum Gasteiger partial charge on any atom is -0.369 e. The number of nitrogens with one attached hydrogen (secondary N) is 2. The molecule has 2 fully saturated rings. The van der Waals surface area contributed by atoms with Crippen LogP contribution >= 0.6 is 0 Å². The summed E-state index contributed by atoms with van der Waals surface area (Å²) in [5, 5.41) is 0. The molecule has 1 unspecified atom stereocenters. The van der Waals surface area contributed by atoms with Gasteiger partial charge in [0.05, 0.1) is 0 Å². The molecule has 0 spiro atoms. The number of benzene rings is 1. The average molecular weight is 357 g/mol. The number of guanidine groups is 1. The highest BCUT2D eigenvalue weighted by atomic mass is 16.2. The van der Waals surface area contributed by atoms with Crippen LogP contribution < -0.4 is 22.3 Å². The topological polar surface area (TPSA) is 112 Å². The van der Waals surface area contributed by atoms with Gasteiger partial charge in [0.25, 0.3) is 5.91 Å². The lowest BCUT2D eigenvalue weighted by Gasteiger charge is -2.38. The molecule has 3 aliphatic rings. The quantitative estimate of drug-likeness (QED) is 0.600. The first kappa shape index (κ1) is 17.3. The molecular weight excluding hydrogens is 330 g/mol. The molecule has 2 heterocycles. The van der Waals surface area contributed by atoms with E-state index < -0.39 is 5.79 Å². The van der Waals surface area contributed by atoms with Gasteiger partial charge in [-0.25, -0.2) is 4.99 Å². The zero-order valence-corrected chi connectivity index (χ0v) is 14.9. The Morgan fingerprint density at radius 1 is 1.12 bits per heavy atom. The van der Waals surface area contributed by atoms with E-state index in [9.17, 15) is 4.79 Å². The molecule has 0 aromatic heterocycles. The van der Waals surface area contributed by atoms with Crippen LogP contribution in [-0.2, 0) is 5.79 Å². The summed E-state index contributed by atoms with van der Waals surface area (Å²) in [5.41, 5.74) is 18.7. The summed E-state index contributed by atoms with van der Waals surface area (Å²) >= 11 is 0. The van der Waals surface area contributed by atoms with Crippen molar-refractivity contribution in [1.29, 1.82) is 0 Å². The maximum Gasteiger partial charge on any atom is 0.253 e. The molecule has 6 N–H and O–H groups in total. The van der Waals surface area contributed by atoms with E-state index in [4.69, 9.17) is 11.5 Å². The van der Waals surface area contributed by atoms with Crippen molar-refractivity contribution in [2.75, 3.05) is 26.2 Å². The number of carbonyl (C=O) groups is 1. The second kappa shape index (κ2) is 6.86. The van der Waals surface area contributed by atoms with Gasteiger partial charge in [0.1, 0.15) is 0 Å². The summed E-state index contributed by atoms with van der Waals surface area (Å²) in [5.74, 6) is -0.777. The predicted octanol–water partition coefficient (Wildman–Crippen LogP) is -0.121. The minimum absolute atomic E-state index is 0.0780. The largest absolute Gasteiger partial charge is 0.369 e. The van der Waals surface area contributed by atoms with E-state index in [0.717, 1.165) is 37.8 Å². The molecule has 1 aliphatic carbocycles. The van der Waals surface area contributed by atoms with E-state index in [-0.39, 0.29) is 11.9 Å². The van der Waals surface area contributed by atoms with E-state index in [2.05, 4.69) is 20.7 Å². The maximum atomic E-state index is 12.8. The van der Waals surface area contributed by atoms with Crippen LogP contribution in [0.25, 0.3) is 0 Å². The number of piperazine rings is 1. The van der Waals surface area contributed by atoms with Crippen LogP contribution in [0.5, 0.6) is 0 Å². The van der Waals surface area contributed by atoms with Gasteiger partial charge in [-0.15, -0.1) is 0 Å². The van der Waals surface area contributed by atoms with Crippen molar-refractivity contribution in [3.05, 3.63) is 35.4 Å². The Bertz CT molecular complexity index is 690. The lowest BCUT2D eigenvalue weighted by molar-refractivity contribution is 0.0573. The van der Waals surface area contributed by atoms with Gasteiger partial charge in [0, 0.05) is 43.3 Å². The number of hydrogen-bond acceptors (Lipinski definition) is 7. The molecule has 0 radical (unpaired) electrons. The molecule has 2 aliphatic heterocycles. The number of aliphatic imine (C=N–C) groups is 1. The van der Waals surface area contributed by atoms with Crippen molar-refractivity contribution < 1.29 is 4.79 Å². The summed E-state index contributed by atoms with van der Waals surface area (Å²) in [7, 11) is 0. The molecule has 4 rings (SSSR count). The smallest absolute Gasteiger partial charge is 0.253 e. The third kappa shape index (κ3) is 3.27. The van der Waals surface area contributed by atoms with Crippen LogP contribution in [0.15, 0.2) is 29.3 Å². The van der Waals surface area contributed by atoms with Gasteiger partial charge in [-0.3, -0.25) is 20.9 Å². The molecule has 1 saturated carbocycles. The van der Waals surface area contributed by atoms with E-state index in [1.54, 1.807) is 12.1 Å². The highest BCUT2D eigenvalue weighted by Gasteiger charge is 2.32. The van der Waals surface area contributed by atoms with Crippen molar-refractivity contribution in [1.82, 2.24) is 20.7 Å². The zero-order chi connectivity index (χ0) is 18.1. The number of hydrogen-bond donors (Lipinski definition) is 4. The van der Waals surface area contributed by atoms with Crippen LogP contribution in [0, 0.1) is 0 Å². The molecule has 8 nitrogen and oxygen atoms in total. The van der Waals surface area contributed by atoms with Gasteiger partial charge in [-0.2, -0.15) is 5.43 Å². The van der Waals surface area contributed by atoms with Crippen molar-refractivity contribution in [2.24, 2.45) is 16.5 Å². The van der Waals surface area contributed by atoms with E-state index in [1.165, 1.54) is 25.7 Å². The molecule has 1 aromatic carbocycles. The summed E-state index contributed by atoms with van der Waals surface area (Å²) in [6.45, 7) is 3.54. The Labute approximate surface area is 153 Å². The molecule has 140 valence electrons. The van der Waals surface area contributed by atoms with Crippen molar-refractivity contribution in [2.45, 2.75) is 37.5 Å². The van der Waals surface area contributed by atoms with Crippen LogP contribution in [0.3, 0.4) is 0 Å². The number of rotatable bonds is 3. The minimum atomic E-state index is -1.10. The Balaban J connectivity index is 1.38. The van der Waals surface area contributed by atoms with E-state index in [0.29, 0.717) is 5.56 Å². The van der Waals surface area contributed by atoms with Crippen molar-refractivity contribution >= 4 is 11.9 Å². The fraction of sp³-hybridized carbons (Fsp3) is 0.556. The number of nitrogens with zero attached hydrogens (tertiary/aromatic N) is 3. The summed E-state index contributed by atoms with van der Waals surface area (Å²) in [4.78, 5) is 21.4. The van der Waals surface area contributed by atoms with Gasteiger partial charge in [-0.05, 0) is 25.0 Å². The summed E-state index contributed by atoms with van der Waals surface area (Å²) in [6, 6.07) is 7.98. The number of nitrogens with two attached hydrogens (primary N) is 2. The van der Waals surface area contributed by atoms with Gasteiger partial charge >= 0.3 is 0 Å². The summed E-state index contributed by atoms with van der Waals surface area (Å²) < 4.78 is 0. The van der Waals surface area contributed by atoms with Crippen molar-refractivity contribution in [3.8, 4) is 0 Å². The van der Waals surface area contributed by atoms with Crippen LogP contribution in [0.4, 0.5) is 0 Å². The standard InChI is InChI=1S/C18H27N7O/c19-17-21-18(20,23-22-17)14-7-5-13(6-8-14)16(26)25-11-9-24(10-12-25)15-3-1-2-4-15/h5-8,15,23H,1-4,9-12,20H2,(H3,19,21,22). The molecule has 0 bridgehead atoms. The molecule has 1 aromatic rings. The maximum absolute atomic E-state index is 12.8. The SMILES string of the molecule is NC1=NC(N)(c2ccc(C(=O)N3CCN(C4CCCC4)CC3)cc2)NN1. The van der Waals surface area contributed by atoms with Gasteiger partial charge < -0.3 is 10.6 Å². The first-order chi connectivity index (χ1) is 12.5. The van der Waals surface area contributed by atoms with E-state index in [1.807, 2.05) is 17.0 Å². The second-order valence-corrected chi connectivity index (χ2v) is 7.36. The normalized spacial score (nSPS) is 27.4. The fourth-order valence-corrected chi connectivity index (χ4v) is 4.15. The van der Waals surface area contributed by atoms with Crippen molar-refractivity contribution in [3.63, 3.8) is 0 Å². The van der Waals surface area contributed by atoms with Gasteiger partial charge in [0.2, 0.25) is 11.7 Å². The molecule has 1 saturated heterocycles. The molecule has 26 heavy (non-hydrogen) atoms. The molecular formula is C18H27N7O. The highest BCUT2D eigenvalue weighted by Crippen LogP contribution is 2.25. The number of amides is 1. The molecule has 8 heteroatoms. The Morgan fingerprint density at radius 3 is 2.35 bits per heavy atom. The number of carbonyl (C=O) groups excluding carboxylic acids is 1. The summed E-state index contributed by atoms with van der Waals surface area (Å²) in [6.07, 6.45) is 5.32. The monoisotopic (exact) mass is 357 g/mol. The first-order valence-corrected chi connectivity index (χ1v) is 9.36. The lowest BCUT2D eigenvalue weighted by atomic mass is 10.1. The Hall–Kier alpha value is -2.16. The van der Waals surface area contributed by atoms with Gasteiger partial charge in [0.15, 0.2) is 0 Å². The third-order valence-corrected chi connectivity index (χ3v) is 5.69. The van der Waals surface area contributed by atoms with Crippen LogP contribution in [-0.4, -0.2) is 53.9 Å². The average Bonchev–Trinajstić information content (AvgIpc) is 3.32. The van der Waals surface area contributed by atoms with Crippen LogP contribution in [0.2, 0.25) is 0 Å². The fourth-order valence-electron chi connectivity index (χ4n) is 4.15. The molecule has 1 atom stereocenters. The van der Waals surface area contributed by atoms with Crippen LogP contribution in [0.1, 0.15) is 41.6 Å². The predicted molar refractivity (Wildman–Crippen MR) is 99.9 cm³/mol. The molecule has 1 amide bonds. The lowest BCUT2D eigenvalue weighted by Crippen LogP contribution is -2.51. The highest BCUT2D eigenvalue weighted by molar-refractivity contribution is 5.94. The third-order valence-electron chi connectivity index (χ3n) is 5.69. The zero-order valence-electron chi connectivity index (χ0n) is 14.9. The van der Waals surface area contributed by atoms with Gasteiger partial charge in [-0.1, -0.05) is 25.0 Å².